The van der Waals surface area contributed by atoms with E-state index in [2.05, 4.69) is 4.99 Å². The van der Waals surface area contributed by atoms with Gasteiger partial charge >= 0.3 is 6.18 Å². The fourth-order valence-corrected chi connectivity index (χ4v) is 1.44. The molecule has 0 bridgehead atoms. The number of allylic oxidation sites excluding steroid dienone is 1. The van der Waals surface area contributed by atoms with E-state index in [9.17, 15) is 13.2 Å². The monoisotopic (exact) mass is 275 g/mol. The van der Waals surface area contributed by atoms with E-state index in [1.54, 1.807) is 13.8 Å². The minimum Gasteiger partial charge on any atom is -0.476 e. The first kappa shape index (κ1) is 13.6. The number of hydrogen-bond acceptors (Lipinski definition) is 2. The topological polar surface area (TPSA) is 21.6 Å². The van der Waals surface area contributed by atoms with Crippen LogP contribution in [-0.2, 0) is 4.74 Å². The number of alkyl halides is 4. The second-order valence-corrected chi connectivity index (χ2v) is 4.65. The number of nitrogens with zero attached hydrogens (tertiary/aromatic N) is 1. The first-order valence-electron chi connectivity index (χ1n) is 4.54. The molecule has 1 atom stereocenters. The Kier molecular flexibility index (Phi) is 3.80. The molecule has 1 unspecified atom stereocenters. The van der Waals surface area contributed by atoms with Gasteiger partial charge in [-0.1, -0.05) is 23.2 Å². The van der Waals surface area contributed by atoms with E-state index in [0.717, 1.165) is 6.08 Å². The average Bonchev–Trinajstić information content (AvgIpc) is 2.08. The van der Waals surface area contributed by atoms with Gasteiger partial charge in [0.25, 0.3) is 0 Å². The first-order chi connectivity index (χ1) is 7.17. The molecule has 0 radical (unpaired) electrons. The van der Waals surface area contributed by atoms with Gasteiger partial charge in [0, 0.05) is 6.42 Å². The lowest BCUT2D eigenvalue weighted by Gasteiger charge is -2.32. The smallest absolute Gasteiger partial charge is 0.416 e. The molecule has 0 saturated carbocycles. The van der Waals surface area contributed by atoms with Crippen molar-refractivity contribution in [2.24, 2.45) is 4.99 Å². The van der Waals surface area contributed by atoms with Crippen LogP contribution in [0.5, 0.6) is 0 Å². The molecule has 0 amide bonds. The fraction of sp³-hybridized carbons (Fsp3) is 0.667. The van der Waals surface area contributed by atoms with Gasteiger partial charge in [0.05, 0.1) is 6.10 Å². The quantitative estimate of drug-likeness (QED) is 0.526. The van der Waals surface area contributed by atoms with Crippen molar-refractivity contribution in [1.82, 2.24) is 0 Å². The molecule has 2 nitrogen and oxygen atoms in total. The molecule has 0 fully saturated rings. The maximum absolute atomic E-state index is 12.8. The largest absolute Gasteiger partial charge is 0.476 e. The van der Waals surface area contributed by atoms with Crippen LogP contribution in [0.1, 0.15) is 20.3 Å². The van der Waals surface area contributed by atoms with Crippen LogP contribution in [0.25, 0.3) is 0 Å². The van der Waals surface area contributed by atoms with Crippen molar-refractivity contribution in [2.45, 2.75) is 37.4 Å². The van der Waals surface area contributed by atoms with Crippen molar-refractivity contribution in [3.63, 3.8) is 0 Å². The Balaban J connectivity index is 3.08. The van der Waals surface area contributed by atoms with Crippen LogP contribution in [0.4, 0.5) is 13.2 Å². The van der Waals surface area contributed by atoms with Gasteiger partial charge in [0.2, 0.25) is 10.8 Å². The number of aliphatic imine (C=N–C) groups is 1. The second-order valence-electron chi connectivity index (χ2n) is 3.61. The zero-order valence-electron chi connectivity index (χ0n) is 8.61. The third-order valence-corrected chi connectivity index (χ3v) is 2.66. The Morgan fingerprint density at radius 1 is 1.50 bits per heavy atom. The van der Waals surface area contributed by atoms with Gasteiger partial charge in [-0.15, -0.1) is 0 Å². The zero-order chi connectivity index (χ0) is 12.6. The van der Waals surface area contributed by atoms with Gasteiger partial charge in [-0.25, -0.2) is 4.99 Å². The van der Waals surface area contributed by atoms with E-state index in [4.69, 9.17) is 27.9 Å². The minimum atomic E-state index is -4.64. The summed E-state index contributed by atoms with van der Waals surface area (Å²) in [6.07, 6.45) is -4.46. The van der Waals surface area contributed by atoms with Crippen molar-refractivity contribution in [3.05, 3.63) is 11.2 Å². The summed E-state index contributed by atoms with van der Waals surface area (Å²) in [5, 5.41) is -0.0452. The van der Waals surface area contributed by atoms with Crippen LogP contribution in [0, 0.1) is 0 Å². The molecule has 0 aromatic heterocycles. The third-order valence-electron chi connectivity index (χ3n) is 1.90. The van der Waals surface area contributed by atoms with Crippen LogP contribution in [0.2, 0.25) is 0 Å². The lowest BCUT2D eigenvalue weighted by atomic mass is 10.0. The summed E-state index contributed by atoms with van der Waals surface area (Å²) >= 11 is 11.1. The number of hydrogen-bond donors (Lipinski definition) is 0. The average molecular weight is 276 g/mol. The van der Waals surface area contributed by atoms with E-state index in [1.165, 1.54) is 0 Å². The molecular weight excluding hydrogens is 266 g/mol. The van der Waals surface area contributed by atoms with E-state index in [-0.39, 0.29) is 5.16 Å². The Morgan fingerprint density at radius 2 is 2.06 bits per heavy atom. The standard InChI is InChI=1S/C9H10Cl2F3NO/c1-5(2)16-7-8(11,9(12,13)14)4-3-6(10)15-7/h3,5H,4H2,1-2H3. The number of ether oxygens (including phenoxy) is 1. The van der Waals surface area contributed by atoms with Gasteiger partial charge < -0.3 is 4.74 Å². The lowest BCUT2D eigenvalue weighted by molar-refractivity contribution is -0.148. The number of rotatable bonds is 1. The highest BCUT2D eigenvalue weighted by molar-refractivity contribution is 6.38. The van der Waals surface area contributed by atoms with Gasteiger partial charge in [0.1, 0.15) is 5.16 Å². The zero-order valence-corrected chi connectivity index (χ0v) is 10.1. The van der Waals surface area contributed by atoms with Crippen molar-refractivity contribution < 1.29 is 17.9 Å². The maximum Gasteiger partial charge on any atom is 0.416 e. The van der Waals surface area contributed by atoms with Crippen LogP contribution in [0.3, 0.4) is 0 Å². The predicted octanol–water partition coefficient (Wildman–Crippen LogP) is 3.83. The highest BCUT2D eigenvalue weighted by Crippen LogP contribution is 2.43. The molecule has 0 aromatic rings. The van der Waals surface area contributed by atoms with Crippen LogP contribution >= 0.6 is 23.2 Å². The predicted molar refractivity (Wildman–Crippen MR) is 56.8 cm³/mol. The molecular formula is C9H10Cl2F3NO. The van der Waals surface area contributed by atoms with E-state index < -0.39 is 29.5 Å². The molecule has 0 saturated heterocycles. The van der Waals surface area contributed by atoms with Gasteiger partial charge in [-0.05, 0) is 19.9 Å². The Labute approximate surface area is 101 Å². The highest BCUT2D eigenvalue weighted by Gasteiger charge is 2.59. The Bertz CT molecular complexity index is 338. The molecule has 0 N–H and O–H groups in total. The van der Waals surface area contributed by atoms with E-state index in [0.29, 0.717) is 0 Å². The lowest BCUT2D eigenvalue weighted by Crippen LogP contribution is -2.49. The van der Waals surface area contributed by atoms with Crippen LogP contribution in [0.15, 0.2) is 16.2 Å². The second kappa shape index (κ2) is 4.45. The summed E-state index contributed by atoms with van der Waals surface area (Å²) < 4.78 is 43.3. The van der Waals surface area contributed by atoms with Crippen LogP contribution in [-0.4, -0.2) is 23.1 Å². The maximum atomic E-state index is 12.8. The molecule has 1 aliphatic heterocycles. The van der Waals surface area contributed by atoms with Gasteiger partial charge in [0.15, 0.2) is 0 Å². The molecule has 1 rings (SSSR count). The summed E-state index contributed by atoms with van der Waals surface area (Å²) in [6, 6.07) is 0. The number of halogens is 5. The summed E-state index contributed by atoms with van der Waals surface area (Å²) in [4.78, 5) is 0.896. The SMILES string of the molecule is CC(C)OC1=NC(Cl)=CCC1(Cl)C(F)(F)F. The molecule has 1 aliphatic rings. The normalized spacial score (nSPS) is 26.5. The Morgan fingerprint density at radius 3 is 2.50 bits per heavy atom. The molecule has 16 heavy (non-hydrogen) atoms. The van der Waals surface area contributed by atoms with Gasteiger partial charge in [-0.2, -0.15) is 13.2 Å². The fourth-order valence-electron chi connectivity index (χ4n) is 1.12. The first-order valence-corrected chi connectivity index (χ1v) is 5.29. The van der Waals surface area contributed by atoms with E-state index >= 15 is 0 Å². The van der Waals surface area contributed by atoms with Crippen molar-refractivity contribution >= 4 is 29.1 Å². The van der Waals surface area contributed by atoms with Crippen LogP contribution < -0.4 is 0 Å². The third kappa shape index (κ3) is 2.63. The van der Waals surface area contributed by atoms with E-state index in [1.807, 2.05) is 0 Å². The summed E-state index contributed by atoms with van der Waals surface area (Å²) in [6.45, 7) is 3.17. The summed E-state index contributed by atoms with van der Waals surface area (Å²) in [5.41, 5.74) is 0. The molecule has 0 aliphatic carbocycles. The molecule has 92 valence electrons. The van der Waals surface area contributed by atoms with Gasteiger partial charge in [-0.3, -0.25) is 0 Å². The molecule has 1 heterocycles. The molecule has 7 heteroatoms. The van der Waals surface area contributed by atoms with Crippen molar-refractivity contribution in [2.75, 3.05) is 0 Å². The summed E-state index contributed by atoms with van der Waals surface area (Å²) in [5.74, 6) is -0.593. The van der Waals surface area contributed by atoms with Crippen molar-refractivity contribution in [3.8, 4) is 0 Å². The highest BCUT2D eigenvalue weighted by atomic mass is 35.5. The molecule has 0 spiro atoms. The Hall–Kier alpha value is -0.420. The minimum absolute atomic E-state index is 0.0452. The summed E-state index contributed by atoms with van der Waals surface area (Å²) in [7, 11) is 0. The molecule has 0 aromatic carbocycles. The van der Waals surface area contributed by atoms with Crippen molar-refractivity contribution in [1.29, 1.82) is 0 Å².